The number of rotatable bonds is 1. The number of nitriles is 1. The number of aryl methyl sites for hydroxylation is 1. The van der Waals surface area contributed by atoms with Crippen molar-refractivity contribution in [1.29, 1.82) is 5.26 Å². The highest BCUT2D eigenvalue weighted by atomic mass is 16.4. The number of nitrogens with two attached hydrogens (primary N) is 1. The molecule has 4 aliphatic carbocycles. The van der Waals surface area contributed by atoms with Gasteiger partial charge in [0.2, 0.25) is 5.88 Å². The number of nitrogens with zero attached hydrogens (tertiary/aromatic N) is 1. The molecule has 0 atom stereocenters. The van der Waals surface area contributed by atoms with Crippen molar-refractivity contribution in [3.05, 3.63) is 16.9 Å². The highest BCUT2D eigenvalue weighted by Gasteiger charge is 2.53. The van der Waals surface area contributed by atoms with E-state index in [4.69, 9.17) is 10.2 Å². The summed E-state index contributed by atoms with van der Waals surface area (Å²) in [5, 5.41) is 9.42. The molecule has 3 heteroatoms. The Balaban J connectivity index is 1.86. The summed E-state index contributed by atoms with van der Waals surface area (Å²) in [7, 11) is 0. The predicted molar refractivity (Wildman–Crippen MR) is 72.4 cm³/mol. The molecular weight excluding hydrogens is 236 g/mol. The molecule has 1 aromatic heterocycles. The fourth-order valence-electron chi connectivity index (χ4n) is 5.73. The molecular formula is C16H20N2O. The topological polar surface area (TPSA) is 62.9 Å². The molecule has 5 rings (SSSR count). The Kier molecular flexibility index (Phi) is 2.14. The molecule has 0 aliphatic heterocycles. The third kappa shape index (κ3) is 1.43. The molecule has 19 heavy (non-hydrogen) atoms. The lowest BCUT2D eigenvalue weighted by Gasteiger charge is -2.57. The summed E-state index contributed by atoms with van der Waals surface area (Å²) in [6.07, 6.45) is 7.96. The van der Waals surface area contributed by atoms with Crippen LogP contribution in [0, 0.1) is 36.0 Å². The van der Waals surface area contributed by atoms with Gasteiger partial charge in [-0.05, 0) is 63.2 Å². The molecule has 3 nitrogen and oxygen atoms in total. The summed E-state index contributed by atoms with van der Waals surface area (Å²) >= 11 is 0. The summed E-state index contributed by atoms with van der Waals surface area (Å²) in [5.74, 6) is 3.82. The van der Waals surface area contributed by atoms with Crippen LogP contribution in [0.25, 0.3) is 0 Å². The monoisotopic (exact) mass is 256 g/mol. The Hall–Kier alpha value is -1.43. The molecule has 0 radical (unpaired) electrons. The Morgan fingerprint density at radius 2 is 1.68 bits per heavy atom. The van der Waals surface area contributed by atoms with E-state index >= 15 is 0 Å². The van der Waals surface area contributed by atoms with Crippen molar-refractivity contribution in [2.24, 2.45) is 17.8 Å². The van der Waals surface area contributed by atoms with Crippen LogP contribution in [0.4, 0.5) is 5.88 Å². The second kappa shape index (κ2) is 3.56. The molecule has 0 amide bonds. The molecule has 4 aliphatic rings. The molecule has 0 aromatic carbocycles. The average molecular weight is 256 g/mol. The van der Waals surface area contributed by atoms with E-state index in [1.54, 1.807) is 0 Å². The van der Waals surface area contributed by atoms with Gasteiger partial charge in [-0.3, -0.25) is 0 Å². The largest absolute Gasteiger partial charge is 0.444 e. The second-order valence-corrected chi connectivity index (χ2v) is 7.08. The molecule has 4 bridgehead atoms. The van der Waals surface area contributed by atoms with Crippen molar-refractivity contribution < 1.29 is 4.42 Å². The number of hydrogen-bond donors (Lipinski definition) is 1. The molecule has 2 N–H and O–H groups in total. The molecule has 100 valence electrons. The van der Waals surface area contributed by atoms with Crippen molar-refractivity contribution in [2.45, 2.75) is 50.9 Å². The van der Waals surface area contributed by atoms with Crippen molar-refractivity contribution in [2.75, 3.05) is 5.73 Å². The van der Waals surface area contributed by atoms with E-state index in [-0.39, 0.29) is 5.41 Å². The minimum Gasteiger partial charge on any atom is -0.444 e. The van der Waals surface area contributed by atoms with Crippen LogP contribution in [0.1, 0.15) is 55.4 Å². The minimum absolute atomic E-state index is 0.199. The van der Waals surface area contributed by atoms with E-state index in [1.807, 2.05) is 6.92 Å². The molecule has 4 fully saturated rings. The van der Waals surface area contributed by atoms with Crippen molar-refractivity contribution in [3.63, 3.8) is 0 Å². The zero-order valence-corrected chi connectivity index (χ0v) is 11.4. The summed E-state index contributed by atoms with van der Waals surface area (Å²) in [5.41, 5.74) is 7.87. The first-order valence-electron chi connectivity index (χ1n) is 7.41. The molecule has 1 aromatic rings. The van der Waals surface area contributed by atoms with Gasteiger partial charge in [0.15, 0.2) is 0 Å². The van der Waals surface area contributed by atoms with Gasteiger partial charge in [-0.2, -0.15) is 5.26 Å². The van der Waals surface area contributed by atoms with Gasteiger partial charge >= 0.3 is 0 Å². The Morgan fingerprint density at radius 1 is 1.16 bits per heavy atom. The van der Waals surface area contributed by atoms with Crippen molar-refractivity contribution >= 4 is 5.88 Å². The van der Waals surface area contributed by atoms with E-state index in [0.29, 0.717) is 11.4 Å². The summed E-state index contributed by atoms with van der Waals surface area (Å²) in [4.78, 5) is 0. The lowest BCUT2D eigenvalue weighted by atomic mass is 9.47. The average Bonchev–Trinajstić information content (AvgIpc) is 2.62. The first-order valence-corrected chi connectivity index (χ1v) is 7.41. The van der Waals surface area contributed by atoms with Crippen LogP contribution in [0.5, 0.6) is 0 Å². The van der Waals surface area contributed by atoms with Crippen LogP contribution in [0.2, 0.25) is 0 Å². The normalized spacial score (nSPS) is 39.5. The third-order valence-corrected chi connectivity index (χ3v) is 5.79. The second-order valence-electron chi connectivity index (χ2n) is 7.08. The molecule has 1 heterocycles. The van der Waals surface area contributed by atoms with Gasteiger partial charge in [-0.25, -0.2) is 0 Å². The maximum atomic E-state index is 9.42. The lowest BCUT2D eigenvalue weighted by molar-refractivity contribution is -0.00589. The maximum absolute atomic E-state index is 9.42. The fraction of sp³-hybridized carbons (Fsp3) is 0.688. The number of furan rings is 1. The fourth-order valence-corrected chi connectivity index (χ4v) is 5.73. The highest BCUT2D eigenvalue weighted by molar-refractivity contribution is 5.57. The van der Waals surface area contributed by atoms with Crippen LogP contribution in [0.15, 0.2) is 4.42 Å². The van der Waals surface area contributed by atoms with Gasteiger partial charge in [0.1, 0.15) is 17.4 Å². The van der Waals surface area contributed by atoms with E-state index in [9.17, 15) is 5.26 Å². The Bertz CT molecular complexity index is 543. The standard InChI is InChI=1S/C16H20N2O/c1-9-14(13(8-17)15(18)19-9)16-5-10-2-11(6-16)4-12(3-10)7-16/h10-12H,2-7,18H2,1H3. The smallest absolute Gasteiger partial charge is 0.208 e. The molecule has 0 saturated heterocycles. The van der Waals surface area contributed by atoms with Gasteiger partial charge in [0.25, 0.3) is 0 Å². The van der Waals surface area contributed by atoms with E-state index < -0.39 is 0 Å². The van der Waals surface area contributed by atoms with E-state index in [0.717, 1.165) is 29.1 Å². The predicted octanol–water partition coefficient (Wildman–Crippen LogP) is 3.51. The van der Waals surface area contributed by atoms with Crippen LogP contribution in [-0.2, 0) is 5.41 Å². The third-order valence-electron chi connectivity index (χ3n) is 5.79. The Labute approximate surface area is 113 Å². The SMILES string of the molecule is Cc1oc(N)c(C#N)c1C12CC3CC(CC(C3)C1)C2. The number of hydrogen-bond acceptors (Lipinski definition) is 3. The van der Waals surface area contributed by atoms with Gasteiger partial charge in [0, 0.05) is 11.0 Å². The molecule has 0 unspecified atom stereocenters. The lowest BCUT2D eigenvalue weighted by Crippen LogP contribution is -2.49. The van der Waals surface area contributed by atoms with Gasteiger partial charge in [0.05, 0.1) is 0 Å². The van der Waals surface area contributed by atoms with Gasteiger partial charge in [-0.1, -0.05) is 0 Å². The quantitative estimate of drug-likeness (QED) is 0.836. The highest BCUT2D eigenvalue weighted by Crippen LogP contribution is 2.62. The summed E-state index contributed by atoms with van der Waals surface area (Å²) < 4.78 is 5.58. The summed E-state index contributed by atoms with van der Waals surface area (Å²) in [6, 6.07) is 2.29. The van der Waals surface area contributed by atoms with Crippen LogP contribution >= 0.6 is 0 Å². The van der Waals surface area contributed by atoms with E-state index in [1.165, 1.54) is 38.5 Å². The molecule has 0 spiro atoms. The van der Waals surface area contributed by atoms with Crippen LogP contribution in [0.3, 0.4) is 0 Å². The van der Waals surface area contributed by atoms with E-state index in [2.05, 4.69) is 6.07 Å². The van der Waals surface area contributed by atoms with Crippen LogP contribution < -0.4 is 5.73 Å². The first kappa shape index (κ1) is 11.4. The van der Waals surface area contributed by atoms with Crippen LogP contribution in [-0.4, -0.2) is 0 Å². The summed E-state index contributed by atoms with van der Waals surface area (Å²) in [6.45, 7) is 1.98. The van der Waals surface area contributed by atoms with Gasteiger partial charge < -0.3 is 10.2 Å². The maximum Gasteiger partial charge on any atom is 0.208 e. The number of nitrogen functional groups attached to an aromatic ring is 1. The number of anilines is 1. The first-order chi connectivity index (χ1) is 9.11. The minimum atomic E-state index is 0.199. The van der Waals surface area contributed by atoms with Gasteiger partial charge in [-0.15, -0.1) is 0 Å². The zero-order valence-electron chi connectivity index (χ0n) is 11.4. The van der Waals surface area contributed by atoms with Crippen molar-refractivity contribution in [3.8, 4) is 6.07 Å². The molecule has 4 saturated carbocycles. The Morgan fingerprint density at radius 3 is 2.16 bits per heavy atom. The van der Waals surface area contributed by atoms with Crippen molar-refractivity contribution in [1.82, 2.24) is 0 Å². The zero-order chi connectivity index (χ0) is 13.2.